The molecule has 2 aromatic heterocycles. The summed E-state index contributed by atoms with van der Waals surface area (Å²) in [5.74, 6) is 0. The van der Waals surface area contributed by atoms with E-state index in [0.29, 0.717) is 0 Å². The van der Waals surface area contributed by atoms with Crippen LogP contribution in [-0.2, 0) is 0 Å². The molecule has 0 amide bonds. The molecule has 0 saturated heterocycles. The van der Waals surface area contributed by atoms with Gasteiger partial charge in [0.05, 0.1) is 0 Å². The Hall–Kier alpha value is -6.84. The number of rotatable bonds is 3. The van der Waals surface area contributed by atoms with E-state index in [1.165, 1.54) is 128 Å². The van der Waals surface area contributed by atoms with Crippen LogP contribution in [0.1, 0.15) is 0 Å². The van der Waals surface area contributed by atoms with Gasteiger partial charge in [0, 0.05) is 45.7 Å². The predicted octanol–water partition coefficient (Wildman–Crippen LogP) is 17.2. The fraction of sp³-hybridized carbons (Fsp3) is 0. The van der Waals surface area contributed by atoms with E-state index in [2.05, 4.69) is 194 Å². The first-order valence-electron chi connectivity index (χ1n) is 19.9. The Morgan fingerprint density at radius 1 is 0.241 bits per heavy atom. The molecule has 13 aromatic rings. The van der Waals surface area contributed by atoms with Crippen molar-refractivity contribution in [3.63, 3.8) is 0 Å². The molecule has 58 heavy (non-hydrogen) atoms. The molecule has 0 fully saturated rings. The summed E-state index contributed by atoms with van der Waals surface area (Å²) in [6.45, 7) is 0. The van der Waals surface area contributed by atoms with Gasteiger partial charge in [0.25, 0.3) is 0 Å². The van der Waals surface area contributed by atoms with Gasteiger partial charge in [-0.25, -0.2) is 0 Å². The highest BCUT2D eigenvalue weighted by Crippen LogP contribution is 2.47. The van der Waals surface area contributed by atoms with E-state index in [1.54, 1.807) is 0 Å². The Kier molecular flexibility index (Phi) is 6.86. The highest BCUT2D eigenvalue weighted by molar-refractivity contribution is 7.27. The Balaban J connectivity index is 0.926. The fourth-order valence-corrected chi connectivity index (χ4v) is 12.1. The third-order valence-corrected chi connectivity index (χ3v) is 14.8. The normalized spacial score (nSPS) is 12.1. The van der Waals surface area contributed by atoms with Gasteiger partial charge in [-0.05, 0) is 124 Å². The number of hydrogen-bond donors (Lipinski definition) is 0. The summed E-state index contributed by atoms with van der Waals surface area (Å²) in [4.78, 5) is 0. The van der Waals surface area contributed by atoms with Crippen LogP contribution in [0, 0.1) is 0 Å². The zero-order valence-electron chi connectivity index (χ0n) is 31.3. The van der Waals surface area contributed by atoms with Gasteiger partial charge >= 0.3 is 0 Å². The molecule has 11 aromatic carbocycles. The van der Waals surface area contributed by atoms with Crippen LogP contribution in [0.2, 0.25) is 0 Å². The van der Waals surface area contributed by atoms with Crippen molar-refractivity contribution in [2.24, 2.45) is 0 Å². The van der Waals surface area contributed by atoms with Gasteiger partial charge in [-0.1, -0.05) is 152 Å². The predicted molar refractivity (Wildman–Crippen MR) is 256 cm³/mol. The molecule has 0 N–H and O–H groups in total. The van der Waals surface area contributed by atoms with Crippen LogP contribution >= 0.6 is 22.7 Å². The summed E-state index contributed by atoms with van der Waals surface area (Å²) < 4.78 is 5.42. The van der Waals surface area contributed by atoms with E-state index < -0.39 is 0 Å². The SMILES string of the molecule is c1ccc2cc(-c3c4ccccc4c(-c4ccc5cc(-c6ccc7sc8c(ccc9c8ccc8sc%10ccccc%10c89)c7c6)ccc5c4)c4ccccc34)ccc2c1. The second kappa shape index (κ2) is 12.3. The largest absolute Gasteiger partial charge is 0.135 e. The van der Waals surface area contributed by atoms with Crippen LogP contribution in [0.25, 0.3) is 128 Å². The molecular weight excluding hydrogens is 737 g/mol. The molecule has 0 aliphatic heterocycles. The van der Waals surface area contributed by atoms with Crippen LogP contribution in [0.5, 0.6) is 0 Å². The van der Waals surface area contributed by atoms with Crippen LogP contribution in [0.15, 0.2) is 194 Å². The van der Waals surface area contributed by atoms with Crippen LogP contribution < -0.4 is 0 Å². The van der Waals surface area contributed by atoms with E-state index in [9.17, 15) is 0 Å². The number of benzene rings is 11. The first kappa shape index (κ1) is 32.3. The maximum atomic E-state index is 2.41. The van der Waals surface area contributed by atoms with Gasteiger partial charge in [0.1, 0.15) is 0 Å². The summed E-state index contributed by atoms with van der Waals surface area (Å²) in [5, 5.41) is 18.2. The van der Waals surface area contributed by atoms with Crippen molar-refractivity contribution < 1.29 is 0 Å². The van der Waals surface area contributed by atoms with Gasteiger partial charge < -0.3 is 0 Å². The minimum atomic E-state index is 1.24. The minimum Gasteiger partial charge on any atom is -0.135 e. The zero-order chi connectivity index (χ0) is 37.9. The third kappa shape index (κ3) is 4.74. The summed E-state index contributed by atoms with van der Waals surface area (Å²) in [6.07, 6.45) is 0. The molecule has 268 valence electrons. The van der Waals surface area contributed by atoms with Crippen molar-refractivity contribution in [1.29, 1.82) is 0 Å². The van der Waals surface area contributed by atoms with E-state index in [0.717, 1.165) is 0 Å². The highest BCUT2D eigenvalue weighted by Gasteiger charge is 2.18. The van der Waals surface area contributed by atoms with Gasteiger partial charge in [0.2, 0.25) is 0 Å². The van der Waals surface area contributed by atoms with Gasteiger partial charge in [0.15, 0.2) is 0 Å². The van der Waals surface area contributed by atoms with Gasteiger partial charge in [-0.2, -0.15) is 0 Å². The summed E-state index contributed by atoms with van der Waals surface area (Å²) in [6, 6.07) is 72.6. The van der Waals surface area contributed by atoms with Crippen molar-refractivity contribution in [2.45, 2.75) is 0 Å². The molecule has 0 atom stereocenters. The Morgan fingerprint density at radius 2 is 0.690 bits per heavy atom. The van der Waals surface area contributed by atoms with E-state index in [1.807, 2.05) is 22.7 Å². The molecule has 0 aliphatic rings. The van der Waals surface area contributed by atoms with Gasteiger partial charge in [-0.3, -0.25) is 0 Å². The molecule has 0 bridgehead atoms. The third-order valence-electron chi connectivity index (χ3n) is 12.4. The summed E-state index contributed by atoms with van der Waals surface area (Å²) in [7, 11) is 0. The molecule has 0 unspecified atom stereocenters. The second-order valence-corrected chi connectivity index (χ2v) is 17.7. The van der Waals surface area contributed by atoms with Crippen molar-refractivity contribution in [3.8, 4) is 33.4 Å². The Bertz CT molecular complexity index is 3800. The topological polar surface area (TPSA) is 0 Å². The van der Waals surface area contributed by atoms with E-state index >= 15 is 0 Å². The molecule has 0 radical (unpaired) electrons. The standard InChI is InChI=1S/C56H32S2/c1-2-10-34-30-39(21-17-33(34)9-1)53-41-11-3-5-13-43(41)54(44-14-6-4-12-42(44)53)40-22-20-35-29-36(18-19-37(35)31-40)38-23-27-51-49(32-38)47-25-24-45-46(56(47)58-51)26-28-52-55(45)48-15-7-8-16-50(48)57-52/h1-32H. The lowest BCUT2D eigenvalue weighted by atomic mass is 9.85. The summed E-state index contributed by atoms with van der Waals surface area (Å²) in [5.41, 5.74) is 7.56. The number of fused-ring (bicyclic) bond motifs is 13. The lowest BCUT2D eigenvalue weighted by molar-refractivity contribution is 1.67. The molecule has 13 rings (SSSR count). The fourth-order valence-electron chi connectivity index (χ4n) is 9.72. The first-order valence-corrected chi connectivity index (χ1v) is 21.5. The van der Waals surface area contributed by atoms with Crippen molar-refractivity contribution in [2.75, 3.05) is 0 Å². The van der Waals surface area contributed by atoms with Crippen molar-refractivity contribution >= 4 is 117 Å². The van der Waals surface area contributed by atoms with Crippen molar-refractivity contribution in [1.82, 2.24) is 0 Å². The maximum Gasteiger partial charge on any atom is 0.0434 e. The average Bonchev–Trinajstić information content (AvgIpc) is 3.86. The first-order chi connectivity index (χ1) is 28.7. The van der Waals surface area contributed by atoms with Crippen LogP contribution in [0.4, 0.5) is 0 Å². The number of thiophene rings is 2. The molecule has 0 aliphatic carbocycles. The van der Waals surface area contributed by atoms with Crippen LogP contribution in [-0.4, -0.2) is 0 Å². The monoisotopic (exact) mass is 768 g/mol. The highest BCUT2D eigenvalue weighted by atomic mass is 32.1. The van der Waals surface area contributed by atoms with Crippen LogP contribution in [0.3, 0.4) is 0 Å². The molecule has 0 spiro atoms. The lowest BCUT2D eigenvalue weighted by Crippen LogP contribution is -1.91. The molecule has 0 nitrogen and oxygen atoms in total. The molecule has 2 heterocycles. The molecule has 2 heteroatoms. The lowest BCUT2D eigenvalue weighted by Gasteiger charge is -2.18. The smallest absolute Gasteiger partial charge is 0.0434 e. The Morgan fingerprint density at radius 3 is 1.40 bits per heavy atom. The minimum absolute atomic E-state index is 1.24. The summed E-state index contributed by atoms with van der Waals surface area (Å²) >= 11 is 3.81. The average molecular weight is 769 g/mol. The quantitative estimate of drug-likeness (QED) is 0.157. The van der Waals surface area contributed by atoms with Crippen molar-refractivity contribution in [3.05, 3.63) is 194 Å². The zero-order valence-corrected chi connectivity index (χ0v) is 32.9. The van der Waals surface area contributed by atoms with E-state index in [4.69, 9.17) is 0 Å². The molecular formula is C56H32S2. The maximum absolute atomic E-state index is 2.41. The Labute approximate surface area is 342 Å². The van der Waals surface area contributed by atoms with Gasteiger partial charge in [-0.15, -0.1) is 22.7 Å². The second-order valence-electron chi connectivity index (χ2n) is 15.6. The molecule has 0 saturated carbocycles. The van der Waals surface area contributed by atoms with E-state index in [-0.39, 0.29) is 0 Å². The number of hydrogen-bond acceptors (Lipinski definition) is 2.